The van der Waals surface area contributed by atoms with Crippen LogP contribution in [0.25, 0.3) is 10.8 Å². The van der Waals surface area contributed by atoms with Crippen LogP contribution in [0.1, 0.15) is 11.1 Å². The van der Waals surface area contributed by atoms with E-state index in [-0.39, 0.29) is 0 Å². The first-order valence-corrected chi connectivity index (χ1v) is 8.85. The molecule has 126 valence electrons. The van der Waals surface area contributed by atoms with Crippen LogP contribution in [0.5, 0.6) is 5.75 Å². The molecule has 0 fully saturated rings. The van der Waals surface area contributed by atoms with Crippen molar-refractivity contribution in [1.29, 1.82) is 0 Å². The Morgan fingerprint density at radius 2 is 1.80 bits per heavy atom. The van der Waals surface area contributed by atoms with E-state index >= 15 is 0 Å². The monoisotopic (exact) mass is 349 g/mol. The lowest BCUT2D eigenvalue weighted by atomic mass is 10.0. The second-order valence-electron chi connectivity index (χ2n) is 5.36. The average molecular weight is 349 g/mol. The normalized spacial score (nSPS) is 12.0. The summed E-state index contributed by atoms with van der Waals surface area (Å²) in [6, 6.07) is 22.1. The van der Waals surface area contributed by atoms with Crippen LogP contribution in [0.2, 0.25) is 0 Å². The predicted octanol–water partition coefficient (Wildman–Crippen LogP) is 4.43. The van der Waals surface area contributed by atoms with Gasteiger partial charge in [-0.3, -0.25) is 0 Å². The topological polar surface area (TPSA) is 60.0 Å². The van der Waals surface area contributed by atoms with E-state index in [1.807, 2.05) is 54.6 Å². The molecule has 0 amide bonds. The lowest BCUT2D eigenvalue weighted by Crippen LogP contribution is -2.06. The summed E-state index contributed by atoms with van der Waals surface area (Å²) < 4.78 is 5.46. The minimum Gasteiger partial charge on any atom is -0.496 e. The number of nitrogens with two attached hydrogens (primary N) is 1. The quantitative estimate of drug-likeness (QED) is 0.421. The summed E-state index contributed by atoms with van der Waals surface area (Å²) in [5.41, 5.74) is 8.08. The van der Waals surface area contributed by atoms with Crippen LogP contribution in [-0.4, -0.2) is 18.5 Å². The van der Waals surface area contributed by atoms with Gasteiger partial charge >= 0.3 is 0 Å². The molecule has 0 aliphatic rings. The molecule has 25 heavy (non-hydrogen) atoms. The second kappa shape index (κ2) is 8.35. The van der Waals surface area contributed by atoms with Crippen molar-refractivity contribution in [3.8, 4) is 5.75 Å². The molecule has 0 saturated heterocycles. The maximum Gasteiger partial charge on any atom is 0.180 e. The van der Waals surface area contributed by atoms with E-state index in [1.54, 1.807) is 13.3 Å². The summed E-state index contributed by atoms with van der Waals surface area (Å²) in [6.45, 7) is 0. The highest BCUT2D eigenvalue weighted by Crippen LogP contribution is 2.27. The minimum atomic E-state index is 0.437. The number of hydrogen-bond donors (Lipinski definition) is 1. The summed E-state index contributed by atoms with van der Waals surface area (Å²) in [5, 5.41) is 10.8. The first kappa shape index (κ1) is 17.0. The van der Waals surface area contributed by atoms with Gasteiger partial charge in [0.05, 0.1) is 13.3 Å². The third kappa shape index (κ3) is 4.39. The van der Waals surface area contributed by atoms with Gasteiger partial charge in [0.1, 0.15) is 5.75 Å². The standard InChI is InChI=1S/C20H19N3OS/c1-24-18-12-6-10-16-9-5-11-17(19(16)18)13-22-23-20(21)25-14-15-7-3-2-4-8-15/h2-13H,14H2,1H3,(H2,21,23). The zero-order valence-electron chi connectivity index (χ0n) is 13.9. The molecule has 0 aliphatic heterocycles. The number of amidine groups is 1. The summed E-state index contributed by atoms with van der Waals surface area (Å²) in [5.74, 6) is 1.59. The van der Waals surface area contributed by atoms with Gasteiger partial charge in [0.25, 0.3) is 0 Å². The molecule has 3 rings (SSSR count). The maximum absolute atomic E-state index is 5.93. The lowest BCUT2D eigenvalue weighted by molar-refractivity contribution is 0.420. The summed E-state index contributed by atoms with van der Waals surface area (Å²) >= 11 is 1.47. The van der Waals surface area contributed by atoms with E-state index in [0.29, 0.717) is 5.17 Å². The minimum absolute atomic E-state index is 0.437. The van der Waals surface area contributed by atoms with Crippen molar-refractivity contribution < 1.29 is 4.74 Å². The van der Waals surface area contributed by atoms with Crippen LogP contribution in [0.15, 0.2) is 76.9 Å². The van der Waals surface area contributed by atoms with Crippen LogP contribution >= 0.6 is 11.8 Å². The van der Waals surface area contributed by atoms with E-state index in [9.17, 15) is 0 Å². The molecule has 0 bridgehead atoms. The molecule has 3 aromatic carbocycles. The third-order valence-corrected chi connectivity index (χ3v) is 4.56. The molecule has 0 radical (unpaired) electrons. The number of nitrogens with zero attached hydrogens (tertiary/aromatic N) is 2. The van der Waals surface area contributed by atoms with Crippen molar-refractivity contribution in [3.05, 3.63) is 77.9 Å². The average Bonchev–Trinajstić information content (AvgIpc) is 2.67. The number of ether oxygens (including phenoxy) is 1. The van der Waals surface area contributed by atoms with Gasteiger partial charge in [-0.25, -0.2) is 0 Å². The summed E-state index contributed by atoms with van der Waals surface area (Å²) in [6.07, 6.45) is 1.71. The molecule has 0 saturated carbocycles. The lowest BCUT2D eigenvalue weighted by Gasteiger charge is -2.07. The van der Waals surface area contributed by atoms with Gasteiger partial charge in [-0.2, -0.15) is 5.10 Å². The summed E-state index contributed by atoms with van der Waals surface area (Å²) in [4.78, 5) is 0. The molecule has 0 unspecified atom stereocenters. The zero-order chi connectivity index (χ0) is 17.5. The first-order chi connectivity index (χ1) is 12.3. The van der Waals surface area contributed by atoms with Crippen molar-refractivity contribution in [3.63, 3.8) is 0 Å². The van der Waals surface area contributed by atoms with Crippen molar-refractivity contribution in [1.82, 2.24) is 0 Å². The highest BCUT2D eigenvalue weighted by molar-refractivity contribution is 8.13. The molecule has 0 atom stereocenters. The highest BCUT2D eigenvalue weighted by Gasteiger charge is 2.04. The Hall–Kier alpha value is -2.79. The smallest absolute Gasteiger partial charge is 0.180 e. The molecule has 4 nitrogen and oxygen atoms in total. The van der Waals surface area contributed by atoms with Crippen LogP contribution in [0, 0.1) is 0 Å². The number of hydrogen-bond acceptors (Lipinski definition) is 4. The van der Waals surface area contributed by atoms with Crippen molar-refractivity contribution in [2.45, 2.75) is 5.75 Å². The SMILES string of the molecule is COc1cccc2cccc(C=NN=C(N)SCc3ccccc3)c12. The van der Waals surface area contributed by atoms with Crippen LogP contribution in [-0.2, 0) is 5.75 Å². The van der Waals surface area contributed by atoms with Gasteiger partial charge in [-0.05, 0) is 17.0 Å². The molecule has 0 heterocycles. The Labute approximate surface area is 151 Å². The molecule has 0 spiro atoms. The number of benzene rings is 3. The Morgan fingerprint density at radius 3 is 2.56 bits per heavy atom. The van der Waals surface area contributed by atoms with Gasteiger partial charge in [0.2, 0.25) is 0 Å². The molecule has 0 aliphatic carbocycles. The fourth-order valence-corrected chi connectivity index (χ4v) is 3.13. The highest BCUT2D eigenvalue weighted by atomic mass is 32.2. The fraction of sp³-hybridized carbons (Fsp3) is 0.100. The van der Waals surface area contributed by atoms with Gasteiger partial charge in [0.15, 0.2) is 5.17 Å². The van der Waals surface area contributed by atoms with E-state index < -0.39 is 0 Å². The molecule has 0 aromatic heterocycles. The van der Waals surface area contributed by atoms with Gasteiger partial charge in [-0.1, -0.05) is 72.4 Å². The molecule has 3 aromatic rings. The maximum atomic E-state index is 5.93. The Kier molecular flexibility index (Phi) is 5.69. The van der Waals surface area contributed by atoms with Crippen molar-refractivity contribution in [2.75, 3.05) is 7.11 Å². The molecule has 2 N–H and O–H groups in total. The van der Waals surface area contributed by atoms with E-state index in [1.165, 1.54) is 17.3 Å². The zero-order valence-corrected chi connectivity index (χ0v) is 14.7. The van der Waals surface area contributed by atoms with Crippen LogP contribution < -0.4 is 10.5 Å². The number of rotatable bonds is 5. The molecule has 5 heteroatoms. The van der Waals surface area contributed by atoms with Crippen molar-refractivity contribution >= 4 is 33.9 Å². The van der Waals surface area contributed by atoms with Crippen LogP contribution in [0.4, 0.5) is 0 Å². The van der Waals surface area contributed by atoms with Crippen molar-refractivity contribution in [2.24, 2.45) is 15.9 Å². The Morgan fingerprint density at radius 1 is 1.04 bits per heavy atom. The predicted molar refractivity (Wildman–Crippen MR) is 107 cm³/mol. The largest absolute Gasteiger partial charge is 0.496 e. The second-order valence-corrected chi connectivity index (χ2v) is 6.36. The van der Waals surface area contributed by atoms with E-state index in [0.717, 1.165) is 27.8 Å². The number of thioether (sulfide) groups is 1. The van der Waals surface area contributed by atoms with Gasteiger partial charge < -0.3 is 10.5 Å². The van der Waals surface area contributed by atoms with E-state index in [2.05, 4.69) is 22.3 Å². The van der Waals surface area contributed by atoms with Gasteiger partial charge in [-0.15, -0.1) is 5.10 Å². The molecular formula is C20H19N3OS. The summed E-state index contributed by atoms with van der Waals surface area (Å²) in [7, 11) is 1.67. The Bertz CT molecular complexity index is 902. The third-order valence-electron chi connectivity index (χ3n) is 3.70. The number of methoxy groups -OCH3 is 1. The Balaban J connectivity index is 1.74. The fourth-order valence-electron chi connectivity index (χ4n) is 2.52. The number of fused-ring (bicyclic) bond motifs is 1. The van der Waals surface area contributed by atoms with E-state index in [4.69, 9.17) is 10.5 Å². The van der Waals surface area contributed by atoms with Gasteiger partial charge in [0, 0.05) is 16.7 Å². The van der Waals surface area contributed by atoms with Crippen LogP contribution in [0.3, 0.4) is 0 Å². The molecular weight excluding hydrogens is 330 g/mol. The first-order valence-electron chi connectivity index (χ1n) is 7.87.